The molecule has 1 heterocycles. The van der Waals surface area contributed by atoms with Crippen LogP contribution in [0.15, 0.2) is 45.9 Å². The molecule has 0 spiro atoms. The Morgan fingerprint density at radius 1 is 1.19 bits per heavy atom. The first kappa shape index (κ1) is 20.8. The molecule has 0 bridgehead atoms. The summed E-state index contributed by atoms with van der Waals surface area (Å²) < 4.78 is 43.5. The van der Waals surface area contributed by atoms with E-state index in [-0.39, 0.29) is 23.1 Å². The predicted molar refractivity (Wildman–Crippen MR) is 99.0 cm³/mol. The number of carbonyl (C=O) groups excluding carboxylic acids is 1. The van der Waals surface area contributed by atoms with Crippen molar-refractivity contribution >= 4 is 15.9 Å². The quantitative estimate of drug-likeness (QED) is 0.671. The second kappa shape index (κ2) is 8.92. The van der Waals surface area contributed by atoms with E-state index in [1.165, 1.54) is 38.7 Å². The summed E-state index contributed by atoms with van der Waals surface area (Å²) >= 11 is 0. The van der Waals surface area contributed by atoms with E-state index in [0.717, 1.165) is 0 Å². The lowest BCUT2D eigenvalue weighted by molar-refractivity contribution is -0.123. The third kappa shape index (κ3) is 5.24. The number of nitrogens with one attached hydrogen (secondary N) is 2. The van der Waals surface area contributed by atoms with Gasteiger partial charge in [0.1, 0.15) is 28.2 Å². The van der Waals surface area contributed by atoms with Gasteiger partial charge in [-0.2, -0.15) is 4.72 Å². The Balaban J connectivity index is 2.20. The fourth-order valence-corrected chi connectivity index (χ4v) is 3.91. The number of hydrogen-bond donors (Lipinski definition) is 2. The van der Waals surface area contributed by atoms with Crippen LogP contribution >= 0.6 is 0 Å². The Morgan fingerprint density at radius 3 is 2.48 bits per heavy atom. The number of rotatable bonds is 9. The summed E-state index contributed by atoms with van der Waals surface area (Å²) in [4.78, 5) is 12.4. The van der Waals surface area contributed by atoms with E-state index in [1.807, 2.05) is 0 Å². The van der Waals surface area contributed by atoms with Gasteiger partial charge in [-0.15, -0.1) is 0 Å². The molecular formula is C18H24N2O6S. The highest BCUT2D eigenvalue weighted by molar-refractivity contribution is 7.89. The molecule has 0 aliphatic carbocycles. The van der Waals surface area contributed by atoms with Crippen LogP contribution < -0.4 is 19.5 Å². The van der Waals surface area contributed by atoms with Gasteiger partial charge in [-0.05, 0) is 30.2 Å². The van der Waals surface area contributed by atoms with Crippen molar-refractivity contribution in [1.82, 2.24) is 10.0 Å². The number of methoxy groups -OCH3 is 2. The van der Waals surface area contributed by atoms with E-state index < -0.39 is 22.0 Å². The lowest BCUT2D eigenvalue weighted by Gasteiger charge is -2.22. The molecule has 9 heteroatoms. The van der Waals surface area contributed by atoms with Gasteiger partial charge in [0.2, 0.25) is 15.9 Å². The van der Waals surface area contributed by atoms with E-state index in [4.69, 9.17) is 13.9 Å². The molecule has 0 radical (unpaired) electrons. The van der Waals surface area contributed by atoms with E-state index in [2.05, 4.69) is 10.0 Å². The van der Waals surface area contributed by atoms with Crippen molar-refractivity contribution in [3.8, 4) is 11.5 Å². The van der Waals surface area contributed by atoms with Crippen molar-refractivity contribution in [2.45, 2.75) is 31.3 Å². The molecular weight excluding hydrogens is 372 g/mol. The summed E-state index contributed by atoms with van der Waals surface area (Å²) in [5, 5.41) is 2.68. The Morgan fingerprint density at radius 2 is 1.93 bits per heavy atom. The molecule has 0 saturated carbocycles. The topological polar surface area (TPSA) is 107 Å². The van der Waals surface area contributed by atoms with E-state index in [1.54, 1.807) is 26.0 Å². The molecule has 2 rings (SSSR count). The van der Waals surface area contributed by atoms with Crippen LogP contribution in [0.4, 0.5) is 0 Å². The molecule has 0 fully saturated rings. The summed E-state index contributed by atoms with van der Waals surface area (Å²) in [6.07, 6.45) is 1.50. The minimum Gasteiger partial charge on any atom is -0.497 e. The lowest BCUT2D eigenvalue weighted by atomic mass is 10.1. The number of benzene rings is 1. The molecule has 0 saturated heterocycles. The van der Waals surface area contributed by atoms with Gasteiger partial charge in [-0.25, -0.2) is 8.42 Å². The molecule has 27 heavy (non-hydrogen) atoms. The highest BCUT2D eigenvalue weighted by atomic mass is 32.2. The van der Waals surface area contributed by atoms with Gasteiger partial charge in [0.25, 0.3) is 0 Å². The minimum absolute atomic E-state index is 0.0738. The van der Waals surface area contributed by atoms with E-state index in [0.29, 0.717) is 11.5 Å². The van der Waals surface area contributed by atoms with Crippen molar-refractivity contribution in [3.05, 3.63) is 42.4 Å². The second-order valence-corrected chi connectivity index (χ2v) is 7.84. The number of hydrogen-bond acceptors (Lipinski definition) is 6. The molecule has 1 aromatic carbocycles. The molecule has 8 nitrogen and oxygen atoms in total. The summed E-state index contributed by atoms with van der Waals surface area (Å²) in [6.45, 7) is 3.68. The van der Waals surface area contributed by atoms with Gasteiger partial charge < -0.3 is 19.2 Å². The normalized spacial score (nSPS) is 12.6. The van der Waals surface area contributed by atoms with Crippen LogP contribution in [-0.2, 0) is 21.4 Å². The zero-order valence-corrected chi connectivity index (χ0v) is 16.5. The van der Waals surface area contributed by atoms with Gasteiger partial charge in [0, 0.05) is 6.07 Å². The number of furan rings is 1. The highest BCUT2D eigenvalue weighted by Gasteiger charge is 2.30. The predicted octanol–water partition coefficient (Wildman–Crippen LogP) is 1.92. The van der Waals surface area contributed by atoms with Gasteiger partial charge >= 0.3 is 0 Å². The average Bonchev–Trinajstić information content (AvgIpc) is 3.17. The van der Waals surface area contributed by atoms with Gasteiger partial charge in [-0.3, -0.25) is 4.79 Å². The van der Waals surface area contributed by atoms with Crippen molar-refractivity contribution in [2.24, 2.45) is 5.92 Å². The zero-order valence-electron chi connectivity index (χ0n) is 15.7. The maximum absolute atomic E-state index is 12.8. The van der Waals surface area contributed by atoms with Crippen molar-refractivity contribution in [3.63, 3.8) is 0 Å². The Hall–Kier alpha value is -2.52. The standard InChI is InChI=1S/C18H24N2O6S/c1-12(2)17(18(21)19-11-14-6-5-9-26-14)20-27(22,23)16-8-7-13(24-3)10-15(16)25-4/h5-10,12,17,20H,11H2,1-4H3,(H,19,21)/t17-/m0/s1. The summed E-state index contributed by atoms with van der Waals surface area (Å²) in [6, 6.07) is 6.82. The monoisotopic (exact) mass is 396 g/mol. The van der Waals surface area contributed by atoms with Crippen LogP contribution in [0, 0.1) is 5.92 Å². The van der Waals surface area contributed by atoms with Crippen molar-refractivity contribution < 1.29 is 27.1 Å². The first-order valence-corrected chi connectivity index (χ1v) is 9.81. The molecule has 1 amide bonds. The van der Waals surface area contributed by atoms with Gasteiger partial charge in [0.05, 0.1) is 27.0 Å². The Bertz CT molecular complexity index is 862. The zero-order chi connectivity index (χ0) is 20.0. The molecule has 0 unspecified atom stereocenters. The largest absolute Gasteiger partial charge is 0.497 e. The molecule has 1 aromatic heterocycles. The molecule has 0 aliphatic rings. The average molecular weight is 396 g/mol. The molecule has 2 aromatic rings. The van der Waals surface area contributed by atoms with Crippen molar-refractivity contribution in [2.75, 3.05) is 14.2 Å². The fourth-order valence-electron chi connectivity index (χ4n) is 2.42. The Kier molecular flexibility index (Phi) is 6.86. The first-order chi connectivity index (χ1) is 12.8. The van der Waals surface area contributed by atoms with Gasteiger partial charge in [-0.1, -0.05) is 13.8 Å². The summed E-state index contributed by atoms with van der Waals surface area (Å²) in [5.74, 6) is 0.436. The van der Waals surface area contributed by atoms with Crippen LogP contribution in [-0.4, -0.2) is 34.6 Å². The maximum Gasteiger partial charge on any atom is 0.244 e. The first-order valence-electron chi connectivity index (χ1n) is 8.33. The molecule has 2 N–H and O–H groups in total. The second-order valence-electron chi connectivity index (χ2n) is 6.16. The number of carbonyl (C=O) groups is 1. The smallest absolute Gasteiger partial charge is 0.244 e. The number of amides is 1. The van der Waals surface area contributed by atoms with Crippen LogP contribution in [0.25, 0.3) is 0 Å². The van der Waals surface area contributed by atoms with Crippen LogP contribution in [0.5, 0.6) is 11.5 Å². The van der Waals surface area contributed by atoms with Crippen molar-refractivity contribution in [1.29, 1.82) is 0 Å². The Labute approximate surface area is 158 Å². The molecule has 148 valence electrons. The van der Waals surface area contributed by atoms with Crippen LogP contribution in [0.2, 0.25) is 0 Å². The molecule has 1 atom stereocenters. The summed E-state index contributed by atoms with van der Waals surface area (Å²) in [7, 11) is -1.17. The maximum atomic E-state index is 12.8. The van der Waals surface area contributed by atoms with Crippen LogP contribution in [0.1, 0.15) is 19.6 Å². The van der Waals surface area contributed by atoms with E-state index >= 15 is 0 Å². The summed E-state index contributed by atoms with van der Waals surface area (Å²) in [5.41, 5.74) is 0. The SMILES string of the molecule is COc1ccc(S(=O)(=O)N[C@H](C(=O)NCc2ccco2)C(C)C)c(OC)c1. The number of ether oxygens (including phenoxy) is 2. The van der Waals surface area contributed by atoms with E-state index in [9.17, 15) is 13.2 Å². The third-order valence-electron chi connectivity index (χ3n) is 3.91. The third-order valence-corrected chi connectivity index (χ3v) is 5.39. The number of sulfonamides is 1. The highest BCUT2D eigenvalue weighted by Crippen LogP contribution is 2.28. The fraction of sp³-hybridized carbons (Fsp3) is 0.389. The minimum atomic E-state index is -4.00. The molecule has 0 aliphatic heterocycles. The van der Waals surface area contributed by atoms with Gasteiger partial charge in [0.15, 0.2) is 0 Å². The lowest BCUT2D eigenvalue weighted by Crippen LogP contribution is -2.49. The van der Waals surface area contributed by atoms with Crippen LogP contribution in [0.3, 0.4) is 0 Å².